The number of aromatic nitrogens is 1. The Morgan fingerprint density at radius 1 is 1.17 bits per heavy atom. The van der Waals surface area contributed by atoms with Crippen molar-refractivity contribution in [2.75, 3.05) is 0 Å². The zero-order chi connectivity index (χ0) is 12.5. The molecule has 3 heteroatoms. The minimum atomic E-state index is 0.428. The van der Waals surface area contributed by atoms with Crippen molar-refractivity contribution in [3.63, 3.8) is 0 Å². The van der Waals surface area contributed by atoms with Crippen LogP contribution in [0.15, 0.2) is 40.8 Å². The largest absolute Gasteiger partial charge is 0.439 e. The molecule has 3 aromatic rings. The van der Waals surface area contributed by atoms with Crippen LogP contribution in [0, 0.1) is 0 Å². The molecule has 3 rings (SSSR count). The average molecular weight is 240 g/mol. The Kier molecular flexibility index (Phi) is 2.76. The zero-order valence-corrected chi connectivity index (χ0v) is 10.6. The van der Waals surface area contributed by atoms with Crippen molar-refractivity contribution >= 4 is 21.9 Å². The Morgan fingerprint density at radius 2 is 2.00 bits per heavy atom. The molecule has 0 atom stereocenters. The summed E-state index contributed by atoms with van der Waals surface area (Å²) in [7, 11) is 0. The van der Waals surface area contributed by atoms with Gasteiger partial charge in [0.05, 0.1) is 6.54 Å². The van der Waals surface area contributed by atoms with E-state index in [0.717, 1.165) is 22.4 Å². The molecule has 92 valence electrons. The minimum absolute atomic E-state index is 0.428. The lowest BCUT2D eigenvalue weighted by Crippen LogP contribution is -2.21. The molecule has 0 radical (unpaired) electrons. The lowest BCUT2D eigenvalue weighted by Gasteiger charge is -2.03. The molecule has 0 amide bonds. The highest BCUT2D eigenvalue weighted by atomic mass is 16.3. The molecule has 3 nitrogen and oxygen atoms in total. The highest BCUT2D eigenvalue weighted by molar-refractivity contribution is 6.03. The molecular weight excluding hydrogens is 224 g/mol. The first kappa shape index (κ1) is 11.2. The smallest absolute Gasteiger partial charge is 0.209 e. The van der Waals surface area contributed by atoms with Crippen LogP contribution >= 0.6 is 0 Å². The first-order chi connectivity index (χ1) is 8.74. The molecule has 0 spiro atoms. The molecule has 0 fully saturated rings. The third kappa shape index (κ3) is 1.97. The van der Waals surface area contributed by atoms with Crippen molar-refractivity contribution in [1.29, 1.82) is 0 Å². The van der Waals surface area contributed by atoms with Gasteiger partial charge in [0.2, 0.25) is 5.89 Å². The lowest BCUT2D eigenvalue weighted by atomic mass is 10.1. The molecule has 0 aliphatic rings. The van der Waals surface area contributed by atoms with Crippen LogP contribution in [0.25, 0.3) is 21.9 Å². The number of hydrogen-bond acceptors (Lipinski definition) is 3. The number of nitrogens with one attached hydrogen (secondary N) is 1. The fraction of sp³-hybridized carbons (Fsp3) is 0.267. The summed E-state index contributed by atoms with van der Waals surface area (Å²) < 4.78 is 5.75. The topological polar surface area (TPSA) is 38.1 Å². The van der Waals surface area contributed by atoms with E-state index in [0.29, 0.717) is 12.6 Å². The Morgan fingerprint density at radius 3 is 2.83 bits per heavy atom. The summed E-state index contributed by atoms with van der Waals surface area (Å²) in [6, 6.07) is 12.7. The minimum Gasteiger partial charge on any atom is -0.439 e. The van der Waals surface area contributed by atoms with Gasteiger partial charge in [0.15, 0.2) is 5.58 Å². The van der Waals surface area contributed by atoms with E-state index in [1.54, 1.807) is 0 Å². The molecule has 0 aliphatic carbocycles. The van der Waals surface area contributed by atoms with Gasteiger partial charge in [-0.1, -0.05) is 44.2 Å². The molecule has 0 unspecified atom stereocenters. The van der Waals surface area contributed by atoms with Crippen molar-refractivity contribution in [3.8, 4) is 0 Å². The van der Waals surface area contributed by atoms with Gasteiger partial charge < -0.3 is 9.73 Å². The van der Waals surface area contributed by atoms with Crippen LogP contribution in [0.2, 0.25) is 0 Å². The molecule has 18 heavy (non-hydrogen) atoms. The van der Waals surface area contributed by atoms with Crippen LogP contribution < -0.4 is 5.32 Å². The predicted molar refractivity (Wildman–Crippen MR) is 73.5 cm³/mol. The van der Waals surface area contributed by atoms with Crippen LogP contribution in [-0.4, -0.2) is 11.0 Å². The van der Waals surface area contributed by atoms with Gasteiger partial charge in [-0.3, -0.25) is 0 Å². The van der Waals surface area contributed by atoms with Gasteiger partial charge in [-0.05, 0) is 11.5 Å². The van der Waals surface area contributed by atoms with Gasteiger partial charge in [0.1, 0.15) is 5.52 Å². The molecule has 1 N–H and O–H groups in total. The lowest BCUT2D eigenvalue weighted by molar-refractivity contribution is 0.472. The molecule has 2 aromatic carbocycles. The standard InChI is InChI=1S/C15H16N2O/c1-10(2)16-9-14-17-15-12-6-4-3-5-11(12)7-8-13(15)18-14/h3-8,10,16H,9H2,1-2H3. The second kappa shape index (κ2) is 4.42. The Balaban J connectivity index is 2.08. The van der Waals surface area contributed by atoms with Crippen molar-refractivity contribution in [1.82, 2.24) is 10.3 Å². The molecule has 0 saturated heterocycles. The van der Waals surface area contributed by atoms with E-state index >= 15 is 0 Å². The van der Waals surface area contributed by atoms with Gasteiger partial charge in [0, 0.05) is 11.4 Å². The predicted octanol–water partition coefficient (Wildman–Crippen LogP) is 3.48. The molecule has 1 aromatic heterocycles. The summed E-state index contributed by atoms with van der Waals surface area (Å²) in [5.74, 6) is 0.745. The van der Waals surface area contributed by atoms with Crippen molar-refractivity contribution in [3.05, 3.63) is 42.3 Å². The maximum Gasteiger partial charge on any atom is 0.209 e. The number of hydrogen-bond donors (Lipinski definition) is 1. The van der Waals surface area contributed by atoms with Crippen LogP contribution in [0.1, 0.15) is 19.7 Å². The summed E-state index contributed by atoms with van der Waals surface area (Å²) in [6.07, 6.45) is 0. The number of oxazole rings is 1. The van der Waals surface area contributed by atoms with Crippen LogP contribution in [0.4, 0.5) is 0 Å². The SMILES string of the molecule is CC(C)NCc1nc2c(ccc3ccccc32)o1. The van der Waals surface area contributed by atoms with E-state index < -0.39 is 0 Å². The maximum atomic E-state index is 5.75. The van der Waals surface area contributed by atoms with Crippen LogP contribution in [-0.2, 0) is 6.54 Å². The molecule has 0 bridgehead atoms. The van der Waals surface area contributed by atoms with Gasteiger partial charge in [0.25, 0.3) is 0 Å². The van der Waals surface area contributed by atoms with E-state index in [1.807, 2.05) is 18.2 Å². The van der Waals surface area contributed by atoms with Gasteiger partial charge in [-0.15, -0.1) is 0 Å². The van der Waals surface area contributed by atoms with Crippen LogP contribution in [0.3, 0.4) is 0 Å². The molecule has 0 saturated carbocycles. The first-order valence-electron chi connectivity index (χ1n) is 6.24. The normalized spacial score (nSPS) is 11.7. The Hall–Kier alpha value is -1.87. The number of rotatable bonds is 3. The van der Waals surface area contributed by atoms with Gasteiger partial charge in [-0.25, -0.2) is 4.98 Å². The van der Waals surface area contributed by atoms with E-state index in [1.165, 1.54) is 5.39 Å². The molecule has 1 heterocycles. The third-order valence-electron chi connectivity index (χ3n) is 2.99. The Labute approximate surface area is 106 Å². The van der Waals surface area contributed by atoms with Crippen LogP contribution in [0.5, 0.6) is 0 Å². The maximum absolute atomic E-state index is 5.75. The highest BCUT2D eigenvalue weighted by Gasteiger charge is 2.08. The van der Waals surface area contributed by atoms with E-state index in [2.05, 4.69) is 42.3 Å². The first-order valence-corrected chi connectivity index (χ1v) is 6.24. The van der Waals surface area contributed by atoms with Crippen molar-refractivity contribution < 1.29 is 4.42 Å². The van der Waals surface area contributed by atoms with Gasteiger partial charge in [-0.2, -0.15) is 0 Å². The second-order valence-corrected chi connectivity index (χ2v) is 4.78. The fourth-order valence-corrected chi connectivity index (χ4v) is 2.07. The average Bonchev–Trinajstić information content (AvgIpc) is 2.79. The number of fused-ring (bicyclic) bond motifs is 3. The fourth-order valence-electron chi connectivity index (χ4n) is 2.07. The summed E-state index contributed by atoms with van der Waals surface area (Å²) in [6.45, 7) is 4.89. The van der Waals surface area contributed by atoms with E-state index in [-0.39, 0.29) is 0 Å². The van der Waals surface area contributed by atoms with E-state index in [4.69, 9.17) is 4.42 Å². The highest BCUT2D eigenvalue weighted by Crippen LogP contribution is 2.25. The third-order valence-corrected chi connectivity index (χ3v) is 2.99. The molecule has 0 aliphatic heterocycles. The quantitative estimate of drug-likeness (QED) is 0.761. The summed E-state index contributed by atoms with van der Waals surface area (Å²) in [4.78, 5) is 4.58. The van der Waals surface area contributed by atoms with Gasteiger partial charge >= 0.3 is 0 Å². The van der Waals surface area contributed by atoms with E-state index in [9.17, 15) is 0 Å². The van der Waals surface area contributed by atoms with Crippen molar-refractivity contribution in [2.24, 2.45) is 0 Å². The summed E-state index contributed by atoms with van der Waals surface area (Å²) in [5, 5.41) is 5.66. The number of nitrogens with zero attached hydrogens (tertiary/aromatic N) is 1. The monoisotopic (exact) mass is 240 g/mol. The number of benzene rings is 2. The zero-order valence-electron chi connectivity index (χ0n) is 10.6. The second-order valence-electron chi connectivity index (χ2n) is 4.78. The molecular formula is C15H16N2O. The summed E-state index contributed by atoms with van der Waals surface area (Å²) in [5.41, 5.74) is 1.81. The van der Waals surface area contributed by atoms with Crippen molar-refractivity contribution in [2.45, 2.75) is 26.4 Å². The summed E-state index contributed by atoms with van der Waals surface area (Å²) >= 11 is 0. The Bertz CT molecular complexity index is 685.